The van der Waals surface area contributed by atoms with Crippen molar-refractivity contribution in [1.29, 1.82) is 0 Å². The van der Waals surface area contributed by atoms with E-state index in [9.17, 15) is 4.79 Å². The lowest BCUT2D eigenvalue weighted by atomic mass is 9.94. The predicted molar refractivity (Wildman–Crippen MR) is 74.9 cm³/mol. The number of nitrogen functional groups attached to an aromatic ring is 1. The van der Waals surface area contributed by atoms with Gasteiger partial charge < -0.3 is 5.73 Å². The lowest BCUT2D eigenvalue weighted by molar-refractivity contribution is 0.103. The average molecular weight is 239 g/mol. The summed E-state index contributed by atoms with van der Waals surface area (Å²) in [5.41, 5.74) is 10.9. The third-order valence-electron chi connectivity index (χ3n) is 3.14. The Labute approximate surface area is 107 Å². The number of carbonyl (C=O) groups excluding carboxylic acids is 1. The van der Waals surface area contributed by atoms with Crippen LogP contribution in [-0.2, 0) is 0 Å². The summed E-state index contributed by atoms with van der Waals surface area (Å²) >= 11 is 0. The Hall–Kier alpha value is -2.09. The molecule has 2 aromatic carbocycles. The van der Waals surface area contributed by atoms with E-state index >= 15 is 0 Å². The summed E-state index contributed by atoms with van der Waals surface area (Å²) in [7, 11) is 0. The van der Waals surface area contributed by atoms with Crippen molar-refractivity contribution < 1.29 is 4.79 Å². The molecule has 0 aliphatic heterocycles. The molecule has 0 saturated heterocycles. The Morgan fingerprint density at radius 3 is 2.11 bits per heavy atom. The topological polar surface area (TPSA) is 43.1 Å². The molecule has 0 bridgehead atoms. The zero-order valence-corrected chi connectivity index (χ0v) is 10.9. The smallest absolute Gasteiger partial charge is 0.193 e. The van der Waals surface area contributed by atoms with Crippen molar-refractivity contribution in [3.05, 3.63) is 64.2 Å². The largest absolute Gasteiger partial charge is 0.399 e. The quantitative estimate of drug-likeness (QED) is 0.644. The summed E-state index contributed by atoms with van der Waals surface area (Å²) in [6, 6.07) is 11.4. The number of carbonyl (C=O) groups is 1. The van der Waals surface area contributed by atoms with E-state index in [0.29, 0.717) is 11.3 Å². The first-order chi connectivity index (χ1) is 8.49. The number of hydrogen-bond acceptors (Lipinski definition) is 2. The maximum Gasteiger partial charge on any atom is 0.193 e. The first-order valence-electron chi connectivity index (χ1n) is 5.97. The van der Waals surface area contributed by atoms with E-state index in [1.54, 1.807) is 6.07 Å². The van der Waals surface area contributed by atoms with Crippen LogP contribution in [0.3, 0.4) is 0 Å². The third kappa shape index (κ3) is 2.28. The van der Waals surface area contributed by atoms with Crippen LogP contribution in [-0.4, -0.2) is 5.78 Å². The number of ketones is 1. The fraction of sp³-hybridized carbons (Fsp3) is 0.188. The Morgan fingerprint density at radius 2 is 1.44 bits per heavy atom. The number of anilines is 1. The third-order valence-corrected chi connectivity index (χ3v) is 3.14. The molecule has 2 rings (SSSR count). The Morgan fingerprint density at radius 1 is 0.889 bits per heavy atom. The van der Waals surface area contributed by atoms with Gasteiger partial charge in [0.25, 0.3) is 0 Å². The summed E-state index contributed by atoms with van der Waals surface area (Å²) in [6.45, 7) is 5.87. The first-order valence-corrected chi connectivity index (χ1v) is 5.97. The SMILES string of the molecule is Cc1ccc(C)c(C(=O)c2cc(N)ccc2C)c1. The minimum atomic E-state index is 0.0426. The molecule has 2 N–H and O–H groups in total. The summed E-state index contributed by atoms with van der Waals surface area (Å²) in [4.78, 5) is 12.5. The van der Waals surface area contributed by atoms with E-state index < -0.39 is 0 Å². The second kappa shape index (κ2) is 4.65. The van der Waals surface area contributed by atoms with Crippen molar-refractivity contribution in [2.45, 2.75) is 20.8 Å². The van der Waals surface area contributed by atoms with E-state index in [4.69, 9.17) is 5.73 Å². The van der Waals surface area contributed by atoms with Crippen molar-refractivity contribution in [2.24, 2.45) is 0 Å². The zero-order chi connectivity index (χ0) is 13.3. The van der Waals surface area contributed by atoms with Crippen LogP contribution in [0, 0.1) is 20.8 Å². The molecule has 0 atom stereocenters. The van der Waals surface area contributed by atoms with Gasteiger partial charge in [-0.2, -0.15) is 0 Å². The predicted octanol–water partition coefficient (Wildman–Crippen LogP) is 3.43. The van der Waals surface area contributed by atoms with Gasteiger partial charge in [0, 0.05) is 16.8 Å². The summed E-state index contributed by atoms with van der Waals surface area (Å²) in [5, 5.41) is 0. The standard InChI is InChI=1S/C16H17NO/c1-10-4-5-11(2)14(8-10)16(18)15-9-13(17)7-6-12(15)3/h4-9H,17H2,1-3H3. The molecule has 2 aromatic rings. The van der Waals surface area contributed by atoms with Crippen molar-refractivity contribution in [2.75, 3.05) is 5.73 Å². The highest BCUT2D eigenvalue weighted by atomic mass is 16.1. The number of nitrogens with two attached hydrogens (primary N) is 1. The first kappa shape index (κ1) is 12.4. The van der Waals surface area contributed by atoms with Crippen LogP contribution in [0.4, 0.5) is 5.69 Å². The molecule has 2 heteroatoms. The molecule has 0 unspecified atom stereocenters. The molecule has 0 aliphatic carbocycles. The van der Waals surface area contributed by atoms with E-state index in [-0.39, 0.29) is 5.78 Å². The summed E-state index contributed by atoms with van der Waals surface area (Å²) in [6.07, 6.45) is 0. The average Bonchev–Trinajstić information content (AvgIpc) is 2.34. The summed E-state index contributed by atoms with van der Waals surface area (Å²) < 4.78 is 0. The van der Waals surface area contributed by atoms with Crippen molar-refractivity contribution in [1.82, 2.24) is 0 Å². The van der Waals surface area contributed by atoms with Crippen LogP contribution in [0.15, 0.2) is 36.4 Å². The highest BCUT2D eigenvalue weighted by Crippen LogP contribution is 2.20. The number of aryl methyl sites for hydroxylation is 3. The molecule has 92 valence electrons. The van der Waals surface area contributed by atoms with Crippen LogP contribution in [0.25, 0.3) is 0 Å². The van der Waals surface area contributed by atoms with Gasteiger partial charge in [-0.3, -0.25) is 4.79 Å². The van der Waals surface area contributed by atoms with E-state index in [0.717, 1.165) is 22.3 Å². The van der Waals surface area contributed by atoms with Crippen LogP contribution >= 0.6 is 0 Å². The van der Waals surface area contributed by atoms with E-state index in [1.807, 2.05) is 51.1 Å². The zero-order valence-electron chi connectivity index (χ0n) is 10.9. The molecule has 0 heterocycles. The van der Waals surface area contributed by atoms with Gasteiger partial charge in [-0.05, 0) is 50.1 Å². The van der Waals surface area contributed by atoms with Crippen LogP contribution in [0.5, 0.6) is 0 Å². The molecular formula is C16H17NO. The molecule has 0 saturated carbocycles. The Bertz CT molecular complexity index is 561. The van der Waals surface area contributed by atoms with Gasteiger partial charge in [-0.15, -0.1) is 0 Å². The van der Waals surface area contributed by atoms with Crippen molar-refractivity contribution in [3.63, 3.8) is 0 Å². The second-order valence-corrected chi connectivity index (χ2v) is 4.72. The summed E-state index contributed by atoms with van der Waals surface area (Å²) in [5.74, 6) is 0.0426. The van der Waals surface area contributed by atoms with Crippen molar-refractivity contribution in [3.8, 4) is 0 Å². The Balaban J connectivity index is 2.54. The second-order valence-electron chi connectivity index (χ2n) is 4.72. The molecule has 18 heavy (non-hydrogen) atoms. The highest BCUT2D eigenvalue weighted by molar-refractivity contribution is 6.11. The van der Waals surface area contributed by atoms with Gasteiger partial charge in [0.15, 0.2) is 5.78 Å². The van der Waals surface area contributed by atoms with Crippen LogP contribution < -0.4 is 5.73 Å². The Kier molecular flexibility index (Phi) is 3.19. The molecule has 0 aliphatic rings. The lowest BCUT2D eigenvalue weighted by Crippen LogP contribution is -2.07. The van der Waals surface area contributed by atoms with Crippen LogP contribution in [0.1, 0.15) is 32.6 Å². The van der Waals surface area contributed by atoms with E-state index in [2.05, 4.69) is 0 Å². The highest BCUT2D eigenvalue weighted by Gasteiger charge is 2.14. The van der Waals surface area contributed by atoms with Gasteiger partial charge in [0.1, 0.15) is 0 Å². The normalized spacial score (nSPS) is 10.4. The van der Waals surface area contributed by atoms with Gasteiger partial charge in [0.2, 0.25) is 0 Å². The molecule has 2 nitrogen and oxygen atoms in total. The molecule has 0 radical (unpaired) electrons. The molecular weight excluding hydrogens is 222 g/mol. The maximum absolute atomic E-state index is 12.5. The van der Waals surface area contributed by atoms with Crippen LogP contribution in [0.2, 0.25) is 0 Å². The van der Waals surface area contributed by atoms with E-state index in [1.165, 1.54) is 0 Å². The maximum atomic E-state index is 12.5. The van der Waals surface area contributed by atoms with Gasteiger partial charge >= 0.3 is 0 Å². The molecule has 0 amide bonds. The monoisotopic (exact) mass is 239 g/mol. The van der Waals surface area contributed by atoms with Gasteiger partial charge in [-0.25, -0.2) is 0 Å². The minimum Gasteiger partial charge on any atom is -0.399 e. The molecule has 0 spiro atoms. The molecule has 0 fully saturated rings. The number of rotatable bonds is 2. The molecule has 0 aromatic heterocycles. The fourth-order valence-corrected chi connectivity index (χ4v) is 2.01. The lowest BCUT2D eigenvalue weighted by Gasteiger charge is -2.09. The fourth-order valence-electron chi connectivity index (χ4n) is 2.01. The number of hydrogen-bond donors (Lipinski definition) is 1. The van der Waals surface area contributed by atoms with Crippen molar-refractivity contribution >= 4 is 11.5 Å². The number of benzene rings is 2. The van der Waals surface area contributed by atoms with Gasteiger partial charge in [-0.1, -0.05) is 23.8 Å². The minimum absolute atomic E-state index is 0.0426. The van der Waals surface area contributed by atoms with Gasteiger partial charge in [0.05, 0.1) is 0 Å².